The van der Waals surface area contributed by atoms with Crippen molar-refractivity contribution in [3.8, 4) is 23.3 Å². The van der Waals surface area contributed by atoms with Crippen LogP contribution < -0.4 is 15.5 Å². The lowest BCUT2D eigenvalue weighted by atomic mass is 9.90. The first-order chi connectivity index (χ1) is 14.6. The molecule has 2 aliphatic carbocycles. The Balaban J connectivity index is 1.21. The quantitative estimate of drug-likeness (QED) is 0.441. The summed E-state index contributed by atoms with van der Waals surface area (Å²) in [5, 5.41) is 0. The van der Waals surface area contributed by atoms with Gasteiger partial charge in [0.05, 0.1) is 6.61 Å². The lowest BCUT2D eigenvalue weighted by Gasteiger charge is -2.33. The third-order valence-corrected chi connectivity index (χ3v) is 7.26. The largest absolute Gasteiger partial charge is 0.493 e. The van der Waals surface area contributed by atoms with Gasteiger partial charge in [-0.1, -0.05) is 18.4 Å². The Morgan fingerprint density at radius 1 is 1.13 bits per heavy atom. The van der Waals surface area contributed by atoms with Crippen molar-refractivity contribution in [2.75, 3.05) is 26.2 Å². The number of nitrogens with two attached hydrogens (primary N) is 1. The maximum absolute atomic E-state index is 5.97. The third-order valence-electron chi connectivity index (χ3n) is 7.26. The van der Waals surface area contributed by atoms with Crippen molar-refractivity contribution in [2.45, 2.75) is 71.6 Å². The van der Waals surface area contributed by atoms with E-state index in [1.165, 1.54) is 76.6 Å². The molecular formula is C26H38N2O2. The van der Waals surface area contributed by atoms with Gasteiger partial charge in [-0.05, 0) is 102 Å². The van der Waals surface area contributed by atoms with Gasteiger partial charge < -0.3 is 14.5 Å². The minimum absolute atomic E-state index is 0.340. The molecule has 4 nitrogen and oxygen atoms in total. The number of rotatable bonds is 10. The predicted molar refractivity (Wildman–Crippen MR) is 121 cm³/mol. The Hall–Kier alpha value is -1.70. The second kappa shape index (κ2) is 9.62. The molecule has 0 unspecified atom stereocenters. The van der Waals surface area contributed by atoms with Gasteiger partial charge in [0.2, 0.25) is 0 Å². The van der Waals surface area contributed by atoms with Gasteiger partial charge in [0.1, 0.15) is 5.75 Å². The number of nitrogens with zero attached hydrogens (tertiary/aromatic N) is 1. The van der Waals surface area contributed by atoms with Gasteiger partial charge in [-0.25, -0.2) is 0 Å². The van der Waals surface area contributed by atoms with E-state index in [1.807, 2.05) is 6.92 Å². The smallest absolute Gasteiger partial charge is 0.156 e. The highest BCUT2D eigenvalue weighted by molar-refractivity contribution is 5.49. The number of aryl methyl sites for hydroxylation is 1. The summed E-state index contributed by atoms with van der Waals surface area (Å²) in [5.74, 6) is 15.5. The third kappa shape index (κ3) is 5.50. The summed E-state index contributed by atoms with van der Waals surface area (Å²) >= 11 is 0. The molecule has 164 valence electrons. The molecule has 0 atom stereocenters. The van der Waals surface area contributed by atoms with Gasteiger partial charge in [0.15, 0.2) is 5.75 Å². The molecule has 1 aliphatic heterocycles. The van der Waals surface area contributed by atoms with E-state index in [9.17, 15) is 0 Å². The summed E-state index contributed by atoms with van der Waals surface area (Å²) in [6, 6.07) is 4.24. The standard InChI is InChI=1S/C26H38N2O2/c1-3-13-26(14-15-26)19-28-16-11-21(12-17-28)5-4-6-23-9-10-24(20(2)25(23)30-27)29-18-22-7-8-22/h9-10,21-22H,4-8,11-12,14-19,27H2,1-2H3. The molecule has 1 saturated heterocycles. The van der Waals surface area contributed by atoms with Gasteiger partial charge in [-0.2, -0.15) is 5.90 Å². The van der Waals surface area contributed by atoms with E-state index in [-0.39, 0.29) is 0 Å². The summed E-state index contributed by atoms with van der Waals surface area (Å²) in [7, 11) is 0. The Kier molecular flexibility index (Phi) is 6.91. The van der Waals surface area contributed by atoms with Crippen LogP contribution in [-0.4, -0.2) is 31.1 Å². The van der Waals surface area contributed by atoms with Crippen molar-refractivity contribution in [3.05, 3.63) is 23.3 Å². The topological polar surface area (TPSA) is 47.7 Å². The molecule has 1 heterocycles. The van der Waals surface area contributed by atoms with Crippen LogP contribution in [-0.2, 0) is 6.42 Å². The van der Waals surface area contributed by atoms with E-state index in [2.05, 4.69) is 35.8 Å². The predicted octanol–water partition coefficient (Wildman–Crippen LogP) is 4.87. The average molecular weight is 411 g/mol. The van der Waals surface area contributed by atoms with E-state index < -0.39 is 0 Å². The molecular weight excluding hydrogens is 372 g/mol. The van der Waals surface area contributed by atoms with Gasteiger partial charge >= 0.3 is 0 Å². The van der Waals surface area contributed by atoms with Crippen molar-refractivity contribution in [1.29, 1.82) is 0 Å². The van der Waals surface area contributed by atoms with Crippen LogP contribution in [0.1, 0.15) is 69.4 Å². The Bertz CT molecular complexity index is 778. The van der Waals surface area contributed by atoms with Crippen LogP contribution in [0.3, 0.4) is 0 Å². The SMILES string of the molecule is CC#CC1(CN2CCC(CCCc3ccc(OCC4CC4)c(C)c3ON)CC2)CC1. The highest BCUT2D eigenvalue weighted by Gasteiger charge is 2.42. The van der Waals surface area contributed by atoms with E-state index in [0.29, 0.717) is 5.41 Å². The molecule has 0 bridgehead atoms. The number of hydrogen-bond donors (Lipinski definition) is 1. The molecule has 2 saturated carbocycles. The summed E-state index contributed by atoms with van der Waals surface area (Å²) in [4.78, 5) is 7.92. The molecule has 3 aliphatic rings. The van der Waals surface area contributed by atoms with Crippen LogP contribution in [0.2, 0.25) is 0 Å². The Labute approximate surface area is 182 Å². The van der Waals surface area contributed by atoms with Gasteiger partial charge in [-0.15, -0.1) is 5.92 Å². The number of likely N-dealkylation sites (tertiary alicyclic amines) is 1. The molecule has 2 N–H and O–H groups in total. The van der Waals surface area contributed by atoms with Crippen molar-refractivity contribution in [1.82, 2.24) is 4.90 Å². The van der Waals surface area contributed by atoms with Gasteiger partial charge in [0.25, 0.3) is 0 Å². The summed E-state index contributed by atoms with van der Waals surface area (Å²) in [6.07, 6.45) is 11.3. The van der Waals surface area contributed by atoms with Crippen molar-refractivity contribution >= 4 is 0 Å². The number of ether oxygens (including phenoxy) is 1. The zero-order valence-electron chi connectivity index (χ0n) is 18.8. The Morgan fingerprint density at radius 3 is 2.53 bits per heavy atom. The number of benzene rings is 1. The summed E-state index contributed by atoms with van der Waals surface area (Å²) in [5.41, 5.74) is 2.58. The van der Waals surface area contributed by atoms with Crippen LogP contribution in [0.4, 0.5) is 0 Å². The number of piperidine rings is 1. The zero-order valence-corrected chi connectivity index (χ0v) is 18.8. The molecule has 4 heteroatoms. The van der Waals surface area contributed by atoms with Crippen LogP contribution in [0.5, 0.6) is 11.5 Å². The van der Waals surface area contributed by atoms with Gasteiger partial charge in [0, 0.05) is 17.5 Å². The molecule has 30 heavy (non-hydrogen) atoms. The molecule has 1 aromatic carbocycles. The Morgan fingerprint density at radius 2 is 1.90 bits per heavy atom. The fourth-order valence-corrected chi connectivity index (χ4v) is 4.92. The maximum atomic E-state index is 5.97. The molecule has 0 spiro atoms. The number of hydrogen-bond acceptors (Lipinski definition) is 4. The minimum atomic E-state index is 0.340. The van der Waals surface area contributed by atoms with E-state index in [0.717, 1.165) is 41.9 Å². The fraction of sp³-hybridized carbons (Fsp3) is 0.692. The van der Waals surface area contributed by atoms with Crippen molar-refractivity contribution < 1.29 is 9.57 Å². The first kappa shape index (κ1) is 21.5. The molecule has 0 radical (unpaired) electrons. The molecule has 0 amide bonds. The highest BCUT2D eigenvalue weighted by atomic mass is 16.6. The first-order valence-corrected chi connectivity index (χ1v) is 11.9. The molecule has 4 rings (SSSR count). The maximum Gasteiger partial charge on any atom is 0.156 e. The van der Waals surface area contributed by atoms with Crippen molar-refractivity contribution in [3.63, 3.8) is 0 Å². The lowest BCUT2D eigenvalue weighted by molar-refractivity contribution is 0.161. The zero-order chi connectivity index (χ0) is 21.0. The van der Waals surface area contributed by atoms with Gasteiger partial charge in [-0.3, -0.25) is 0 Å². The van der Waals surface area contributed by atoms with Crippen LogP contribution in [0.15, 0.2) is 12.1 Å². The van der Waals surface area contributed by atoms with Crippen LogP contribution >= 0.6 is 0 Å². The van der Waals surface area contributed by atoms with Crippen LogP contribution in [0, 0.1) is 36.0 Å². The molecule has 1 aromatic rings. The van der Waals surface area contributed by atoms with Crippen molar-refractivity contribution in [2.24, 2.45) is 23.1 Å². The molecule has 3 fully saturated rings. The summed E-state index contributed by atoms with van der Waals surface area (Å²) < 4.78 is 5.97. The second-order valence-electron chi connectivity index (χ2n) is 9.82. The van der Waals surface area contributed by atoms with E-state index in [1.54, 1.807) is 0 Å². The van der Waals surface area contributed by atoms with E-state index >= 15 is 0 Å². The summed E-state index contributed by atoms with van der Waals surface area (Å²) in [6.45, 7) is 8.51. The molecule has 0 aromatic heterocycles. The monoisotopic (exact) mass is 410 g/mol. The van der Waals surface area contributed by atoms with E-state index in [4.69, 9.17) is 15.5 Å². The average Bonchev–Trinajstić information content (AvgIpc) is 3.67. The second-order valence-corrected chi connectivity index (χ2v) is 9.82. The normalized spacial score (nSPS) is 21.0. The minimum Gasteiger partial charge on any atom is -0.493 e. The fourth-order valence-electron chi connectivity index (χ4n) is 4.92. The van der Waals surface area contributed by atoms with Crippen LogP contribution in [0.25, 0.3) is 0 Å². The highest BCUT2D eigenvalue weighted by Crippen LogP contribution is 2.46. The lowest BCUT2D eigenvalue weighted by Crippen LogP contribution is -2.37. The first-order valence-electron chi connectivity index (χ1n) is 11.9.